The number of anilines is 1. The number of nitrogens with one attached hydrogen (secondary N) is 3. The minimum absolute atomic E-state index is 0.199. The Labute approximate surface area is 151 Å². The van der Waals surface area contributed by atoms with E-state index in [0.29, 0.717) is 21.0 Å². The number of benzene rings is 1. The Morgan fingerprint density at radius 3 is 1.80 bits per heavy atom. The summed E-state index contributed by atoms with van der Waals surface area (Å²) >= 11 is 2.63. The summed E-state index contributed by atoms with van der Waals surface area (Å²) in [4.78, 5) is 36.9. The first-order valence-electron chi connectivity index (χ1n) is 7.22. The fourth-order valence-electron chi connectivity index (χ4n) is 1.96. The molecule has 3 N–H and O–H groups in total. The maximum atomic E-state index is 12.0. The Morgan fingerprint density at radius 1 is 0.680 bits per heavy atom. The average molecular weight is 371 g/mol. The quantitative estimate of drug-likeness (QED) is 0.616. The van der Waals surface area contributed by atoms with E-state index in [0.717, 1.165) is 0 Å². The van der Waals surface area contributed by atoms with Gasteiger partial charge in [-0.1, -0.05) is 12.1 Å². The van der Waals surface area contributed by atoms with E-state index in [-0.39, 0.29) is 11.8 Å². The molecule has 1 aromatic carbocycles. The first kappa shape index (κ1) is 16.9. The molecule has 2 aromatic heterocycles. The molecule has 0 aliphatic heterocycles. The van der Waals surface area contributed by atoms with Gasteiger partial charge in [-0.05, 0) is 47.2 Å². The SMILES string of the molecule is O=C(NNC(=O)c1cccs1)c1ccc(NC(=O)c2cccs2)cc1. The lowest BCUT2D eigenvalue weighted by Crippen LogP contribution is -2.41. The Balaban J connectivity index is 1.55. The highest BCUT2D eigenvalue weighted by atomic mass is 32.1. The van der Waals surface area contributed by atoms with Gasteiger partial charge in [-0.3, -0.25) is 25.2 Å². The molecule has 0 aliphatic rings. The van der Waals surface area contributed by atoms with Crippen LogP contribution in [0.3, 0.4) is 0 Å². The van der Waals surface area contributed by atoms with Crippen molar-refractivity contribution in [2.24, 2.45) is 0 Å². The van der Waals surface area contributed by atoms with Crippen molar-refractivity contribution < 1.29 is 14.4 Å². The van der Waals surface area contributed by atoms with Crippen LogP contribution in [0.1, 0.15) is 29.7 Å². The topological polar surface area (TPSA) is 87.3 Å². The molecule has 2 heterocycles. The number of hydrogen-bond acceptors (Lipinski definition) is 5. The summed E-state index contributed by atoms with van der Waals surface area (Å²) in [7, 11) is 0. The predicted molar refractivity (Wildman–Crippen MR) is 98.0 cm³/mol. The van der Waals surface area contributed by atoms with Crippen molar-refractivity contribution >= 4 is 46.1 Å². The van der Waals surface area contributed by atoms with Crippen molar-refractivity contribution in [3.63, 3.8) is 0 Å². The summed E-state index contributed by atoms with van der Waals surface area (Å²) in [6.45, 7) is 0. The predicted octanol–water partition coefficient (Wildman–Crippen LogP) is 3.14. The lowest BCUT2D eigenvalue weighted by atomic mass is 10.2. The highest BCUT2D eigenvalue weighted by Crippen LogP contribution is 2.14. The van der Waals surface area contributed by atoms with E-state index in [1.807, 2.05) is 5.38 Å². The monoisotopic (exact) mass is 371 g/mol. The maximum absolute atomic E-state index is 12.0. The van der Waals surface area contributed by atoms with E-state index in [2.05, 4.69) is 16.2 Å². The summed E-state index contributed by atoms with van der Waals surface area (Å²) in [5.74, 6) is -1.01. The van der Waals surface area contributed by atoms with Gasteiger partial charge in [0, 0.05) is 11.3 Å². The van der Waals surface area contributed by atoms with Crippen molar-refractivity contribution in [3.05, 3.63) is 74.6 Å². The minimum atomic E-state index is -0.443. The Hall–Kier alpha value is -2.97. The molecule has 0 atom stereocenters. The molecule has 0 unspecified atom stereocenters. The zero-order valence-corrected chi connectivity index (χ0v) is 14.4. The number of carbonyl (C=O) groups is 3. The molecule has 8 heteroatoms. The van der Waals surface area contributed by atoms with Crippen LogP contribution in [-0.2, 0) is 0 Å². The largest absolute Gasteiger partial charge is 0.321 e. The summed E-state index contributed by atoms with van der Waals surface area (Å²) in [5, 5.41) is 6.35. The van der Waals surface area contributed by atoms with Crippen LogP contribution >= 0.6 is 22.7 Å². The Morgan fingerprint density at radius 2 is 1.24 bits per heavy atom. The molecular formula is C17H13N3O3S2. The molecule has 3 rings (SSSR count). The minimum Gasteiger partial charge on any atom is -0.321 e. The zero-order chi connectivity index (χ0) is 17.6. The zero-order valence-electron chi connectivity index (χ0n) is 12.8. The van der Waals surface area contributed by atoms with Crippen LogP contribution in [0.2, 0.25) is 0 Å². The Bertz CT molecular complexity index is 873. The van der Waals surface area contributed by atoms with E-state index >= 15 is 0 Å². The smallest absolute Gasteiger partial charge is 0.279 e. The highest BCUT2D eigenvalue weighted by molar-refractivity contribution is 7.12. The first-order valence-corrected chi connectivity index (χ1v) is 8.98. The number of thiophene rings is 2. The third-order valence-electron chi connectivity index (χ3n) is 3.18. The van der Waals surface area contributed by atoms with E-state index in [9.17, 15) is 14.4 Å². The van der Waals surface area contributed by atoms with Crippen LogP contribution in [0.5, 0.6) is 0 Å². The van der Waals surface area contributed by atoms with Gasteiger partial charge in [0.2, 0.25) is 0 Å². The molecule has 0 aliphatic carbocycles. The van der Waals surface area contributed by atoms with Gasteiger partial charge in [-0.15, -0.1) is 22.7 Å². The normalized spacial score (nSPS) is 10.1. The van der Waals surface area contributed by atoms with Crippen molar-refractivity contribution in [1.29, 1.82) is 0 Å². The molecule has 0 fully saturated rings. The molecule has 25 heavy (non-hydrogen) atoms. The molecular weight excluding hydrogens is 358 g/mol. The van der Waals surface area contributed by atoms with Crippen LogP contribution in [0.4, 0.5) is 5.69 Å². The van der Waals surface area contributed by atoms with Gasteiger partial charge < -0.3 is 5.32 Å². The van der Waals surface area contributed by atoms with Crippen LogP contribution in [-0.4, -0.2) is 17.7 Å². The lowest BCUT2D eigenvalue weighted by Gasteiger charge is -2.08. The van der Waals surface area contributed by atoms with E-state index < -0.39 is 5.91 Å². The standard InChI is InChI=1S/C17H13N3O3S2/c21-15(19-20-17(23)14-4-2-10-25-14)11-5-7-12(8-6-11)18-16(22)13-3-1-9-24-13/h1-10H,(H,18,22)(H,19,21)(H,20,23). The summed E-state index contributed by atoms with van der Waals surface area (Å²) in [5.41, 5.74) is 5.65. The van der Waals surface area contributed by atoms with Gasteiger partial charge in [0.05, 0.1) is 9.75 Å². The first-order chi connectivity index (χ1) is 12.1. The van der Waals surface area contributed by atoms with Crippen LogP contribution < -0.4 is 16.2 Å². The van der Waals surface area contributed by atoms with Gasteiger partial charge in [0.1, 0.15) is 0 Å². The van der Waals surface area contributed by atoms with Crippen LogP contribution in [0, 0.1) is 0 Å². The second kappa shape index (κ2) is 7.73. The fourth-order valence-corrected chi connectivity index (χ4v) is 3.20. The molecule has 3 amide bonds. The second-order valence-electron chi connectivity index (χ2n) is 4.89. The fraction of sp³-hybridized carbons (Fsp3) is 0. The maximum Gasteiger partial charge on any atom is 0.279 e. The number of hydrazine groups is 1. The van der Waals surface area contributed by atoms with E-state index in [1.165, 1.54) is 22.7 Å². The van der Waals surface area contributed by atoms with Crippen molar-refractivity contribution in [2.75, 3.05) is 5.32 Å². The van der Waals surface area contributed by atoms with Crippen LogP contribution in [0.25, 0.3) is 0 Å². The third kappa shape index (κ3) is 4.31. The van der Waals surface area contributed by atoms with Gasteiger partial charge in [0.15, 0.2) is 0 Å². The molecule has 0 bridgehead atoms. The molecule has 6 nitrogen and oxygen atoms in total. The number of hydrogen-bond donors (Lipinski definition) is 3. The summed E-state index contributed by atoms with van der Waals surface area (Å²) in [6, 6.07) is 13.3. The van der Waals surface area contributed by atoms with Gasteiger partial charge in [-0.25, -0.2) is 0 Å². The van der Waals surface area contributed by atoms with Crippen molar-refractivity contribution in [1.82, 2.24) is 10.9 Å². The van der Waals surface area contributed by atoms with Gasteiger partial charge >= 0.3 is 0 Å². The van der Waals surface area contributed by atoms with Crippen LogP contribution in [0.15, 0.2) is 59.3 Å². The van der Waals surface area contributed by atoms with E-state index in [4.69, 9.17) is 0 Å². The molecule has 0 saturated carbocycles. The molecule has 0 radical (unpaired) electrons. The number of rotatable bonds is 4. The summed E-state index contributed by atoms with van der Waals surface area (Å²) in [6.07, 6.45) is 0. The highest BCUT2D eigenvalue weighted by Gasteiger charge is 2.11. The average Bonchev–Trinajstić information content (AvgIpc) is 3.33. The third-order valence-corrected chi connectivity index (χ3v) is 4.92. The molecule has 0 saturated heterocycles. The lowest BCUT2D eigenvalue weighted by molar-refractivity contribution is 0.0849. The molecule has 3 aromatic rings. The molecule has 0 spiro atoms. The second-order valence-corrected chi connectivity index (χ2v) is 6.79. The van der Waals surface area contributed by atoms with Gasteiger partial charge in [-0.2, -0.15) is 0 Å². The summed E-state index contributed by atoms with van der Waals surface area (Å²) < 4.78 is 0. The Kier molecular flexibility index (Phi) is 5.22. The van der Waals surface area contributed by atoms with E-state index in [1.54, 1.807) is 53.9 Å². The van der Waals surface area contributed by atoms with Crippen molar-refractivity contribution in [3.8, 4) is 0 Å². The molecule has 126 valence electrons. The number of amides is 3. The number of carbonyl (C=O) groups excluding carboxylic acids is 3. The van der Waals surface area contributed by atoms with Crippen molar-refractivity contribution in [2.45, 2.75) is 0 Å². The van der Waals surface area contributed by atoms with Gasteiger partial charge in [0.25, 0.3) is 17.7 Å².